The average Bonchev–Trinajstić information content (AvgIpc) is 2.62. The summed E-state index contributed by atoms with van der Waals surface area (Å²) in [6, 6.07) is 13.5. The summed E-state index contributed by atoms with van der Waals surface area (Å²) in [5, 5.41) is 8.96. The zero-order chi connectivity index (χ0) is 16.2. The number of carbonyl (C=O) groups is 1. The van der Waals surface area contributed by atoms with E-state index in [1.807, 2.05) is 30.5 Å². The van der Waals surface area contributed by atoms with E-state index in [4.69, 9.17) is 5.11 Å². The van der Waals surface area contributed by atoms with Crippen LogP contribution in [0, 0.1) is 0 Å². The van der Waals surface area contributed by atoms with Crippen LogP contribution >= 0.6 is 0 Å². The van der Waals surface area contributed by atoms with Gasteiger partial charge in [0.15, 0.2) is 0 Å². The fourth-order valence-corrected chi connectivity index (χ4v) is 2.99. The molecule has 23 heavy (non-hydrogen) atoms. The Kier molecular flexibility index (Phi) is 4.57. The van der Waals surface area contributed by atoms with Crippen LogP contribution in [0.25, 0.3) is 0 Å². The van der Waals surface area contributed by atoms with E-state index in [0.717, 1.165) is 37.6 Å². The van der Waals surface area contributed by atoms with Crippen molar-refractivity contribution in [2.45, 2.75) is 13.0 Å². The number of rotatable bonds is 4. The normalized spacial score (nSPS) is 17.0. The number of nitrogens with zero attached hydrogens (tertiary/aromatic N) is 3. The maximum Gasteiger partial charge on any atom is 0.335 e. The van der Waals surface area contributed by atoms with Gasteiger partial charge < -0.3 is 10.0 Å². The van der Waals surface area contributed by atoms with E-state index in [9.17, 15) is 4.79 Å². The summed E-state index contributed by atoms with van der Waals surface area (Å²) in [5.41, 5.74) is 2.52. The van der Waals surface area contributed by atoms with Crippen molar-refractivity contribution >= 4 is 11.7 Å². The molecule has 1 aliphatic rings. The zero-order valence-electron chi connectivity index (χ0n) is 13.2. The highest BCUT2D eigenvalue weighted by atomic mass is 16.4. The van der Waals surface area contributed by atoms with E-state index in [2.05, 4.69) is 27.8 Å². The number of piperazine rings is 1. The van der Waals surface area contributed by atoms with Crippen molar-refractivity contribution in [3.63, 3.8) is 0 Å². The molecule has 1 saturated heterocycles. The molecule has 0 bridgehead atoms. The molecule has 1 atom stereocenters. The number of aromatic carboxylic acids is 1. The van der Waals surface area contributed by atoms with Crippen LogP contribution in [0.1, 0.15) is 29.0 Å². The lowest BCUT2D eigenvalue weighted by Gasteiger charge is -2.39. The minimum atomic E-state index is -0.884. The number of pyridine rings is 1. The minimum Gasteiger partial charge on any atom is -0.478 e. The lowest BCUT2D eigenvalue weighted by Crippen LogP contribution is -2.47. The number of anilines is 1. The van der Waals surface area contributed by atoms with Gasteiger partial charge in [-0.2, -0.15) is 0 Å². The van der Waals surface area contributed by atoms with Gasteiger partial charge in [-0.05, 0) is 43.3 Å². The van der Waals surface area contributed by atoms with Gasteiger partial charge in [0, 0.05) is 44.1 Å². The zero-order valence-corrected chi connectivity index (χ0v) is 13.2. The second-order valence-corrected chi connectivity index (χ2v) is 5.81. The molecule has 1 aromatic carbocycles. The number of hydrogen-bond acceptors (Lipinski definition) is 4. The van der Waals surface area contributed by atoms with Crippen LogP contribution in [0.2, 0.25) is 0 Å². The Morgan fingerprint density at radius 3 is 2.35 bits per heavy atom. The molecule has 1 fully saturated rings. The van der Waals surface area contributed by atoms with Crippen molar-refractivity contribution in [3.05, 3.63) is 59.9 Å². The standard InChI is InChI=1S/C18H21N3O2/c1-14(17-4-2-3-9-19-17)20-10-12-21(13-11-20)16-7-5-15(6-8-16)18(22)23/h2-9,14H,10-13H2,1H3,(H,22,23). The van der Waals surface area contributed by atoms with E-state index in [1.54, 1.807) is 12.1 Å². The van der Waals surface area contributed by atoms with Crippen molar-refractivity contribution in [1.29, 1.82) is 0 Å². The van der Waals surface area contributed by atoms with Crippen LogP contribution in [-0.2, 0) is 0 Å². The quantitative estimate of drug-likeness (QED) is 0.941. The van der Waals surface area contributed by atoms with Gasteiger partial charge in [-0.15, -0.1) is 0 Å². The van der Waals surface area contributed by atoms with Crippen molar-refractivity contribution < 1.29 is 9.90 Å². The Hall–Kier alpha value is -2.40. The van der Waals surface area contributed by atoms with E-state index in [-0.39, 0.29) is 0 Å². The Morgan fingerprint density at radius 1 is 1.09 bits per heavy atom. The molecule has 2 heterocycles. The summed E-state index contributed by atoms with van der Waals surface area (Å²) in [4.78, 5) is 20.1. The number of carboxylic acid groups (broad SMARTS) is 1. The monoisotopic (exact) mass is 311 g/mol. The Labute approximate surface area is 136 Å². The number of benzene rings is 1. The van der Waals surface area contributed by atoms with Gasteiger partial charge in [0.2, 0.25) is 0 Å². The number of carboxylic acids is 1. The first-order chi connectivity index (χ1) is 11.1. The maximum absolute atomic E-state index is 10.9. The largest absolute Gasteiger partial charge is 0.478 e. The molecule has 1 aromatic heterocycles. The molecular formula is C18H21N3O2. The average molecular weight is 311 g/mol. The third-order valence-corrected chi connectivity index (χ3v) is 4.46. The van der Waals surface area contributed by atoms with Crippen LogP contribution in [-0.4, -0.2) is 47.1 Å². The van der Waals surface area contributed by atoms with E-state index < -0.39 is 5.97 Å². The lowest BCUT2D eigenvalue weighted by atomic mass is 10.1. The second kappa shape index (κ2) is 6.79. The van der Waals surface area contributed by atoms with Crippen LogP contribution in [0.15, 0.2) is 48.7 Å². The summed E-state index contributed by atoms with van der Waals surface area (Å²) in [6.07, 6.45) is 1.84. The highest BCUT2D eigenvalue weighted by Crippen LogP contribution is 2.22. The topological polar surface area (TPSA) is 56.7 Å². The van der Waals surface area contributed by atoms with Gasteiger partial charge in [-0.25, -0.2) is 4.79 Å². The molecule has 0 radical (unpaired) electrons. The summed E-state index contributed by atoms with van der Waals surface area (Å²) in [6.45, 7) is 6.00. The predicted molar refractivity (Wildman–Crippen MR) is 89.8 cm³/mol. The molecule has 3 rings (SSSR count). The first kappa shape index (κ1) is 15.5. The van der Waals surface area contributed by atoms with Gasteiger partial charge in [-0.3, -0.25) is 9.88 Å². The third kappa shape index (κ3) is 3.51. The predicted octanol–water partition coefficient (Wildman–Crippen LogP) is 2.66. The third-order valence-electron chi connectivity index (χ3n) is 4.46. The van der Waals surface area contributed by atoms with E-state index in [0.29, 0.717) is 11.6 Å². The van der Waals surface area contributed by atoms with Gasteiger partial charge in [-0.1, -0.05) is 6.07 Å². The van der Waals surface area contributed by atoms with E-state index in [1.165, 1.54) is 0 Å². The number of hydrogen-bond donors (Lipinski definition) is 1. The molecule has 0 saturated carbocycles. The van der Waals surface area contributed by atoms with Crippen LogP contribution in [0.4, 0.5) is 5.69 Å². The highest BCUT2D eigenvalue weighted by Gasteiger charge is 2.22. The fourth-order valence-electron chi connectivity index (χ4n) is 2.99. The summed E-state index contributed by atoms with van der Waals surface area (Å²) < 4.78 is 0. The van der Waals surface area contributed by atoms with Crippen molar-refractivity contribution in [2.75, 3.05) is 31.1 Å². The highest BCUT2D eigenvalue weighted by molar-refractivity contribution is 5.88. The maximum atomic E-state index is 10.9. The van der Waals surface area contributed by atoms with Gasteiger partial charge >= 0.3 is 5.97 Å². The SMILES string of the molecule is CC(c1ccccn1)N1CCN(c2ccc(C(=O)O)cc2)CC1. The Bertz CT molecular complexity index is 650. The number of aromatic nitrogens is 1. The minimum absolute atomic E-state index is 0.313. The van der Waals surface area contributed by atoms with Gasteiger partial charge in [0.25, 0.3) is 0 Å². The summed E-state index contributed by atoms with van der Waals surface area (Å²) in [5.74, 6) is -0.884. The molecule has 0 spiro atoms. The Balaban J connectivity index is 1.61. The first-order valence-electron chi connectivity index (χ1n) is 7.88. The van der Waals surface area contributed by atoms with Crippen LogP contribution < -0.4 is 4.90 Å². The van der Waals surface area contributed by atoms with Gasteiger partial charge in [0.1, 0.15) is 0 Å². The van der Waals surface area contributed by atoms with Crippen molar-refractivity contribution in [2.24, 2.45) is 0 Å². The fraction of sp³-hybridized carbons (Fsp3) is 0.333. The molecule has 0 aliphatic carbocycles. The molecule has 1 unspecified atom stereocenters. The molecular weight excluding hydrogens is 290 g/mol. The molecule has 0 amide bonds. The smallest absolute Gasteiger partial charge is 0.335 e. The van der Waals surface area contributed by atoms with Gasteiger partial charge in [0.05, 0.1) is 11.3 Å². The lowest BCUT2D eigenvalue weighted by molar-refractivity contribution is 0.0697. The van der Waals surface area contributed by atoms with Crippen LogP contribution in [0.3, 0.4) is 0 Å². The molecule has 5 nitrogen and oxygen atoms in total. The van der Waals surface area contributed by atoms with Crippen molar-refractivity contribution in [3.8, 4) is 0 Å². The molecule has 120 valence electrons. The van der Waals surface area contributed by atoms with Crippen molar-refractivity contribution in [1.82, 2.24) is 9.88 Å². The van der Waals surface area contributed by atoms with Crippen LogP contribution in [0.5, 0.6) is 0 Å². The molecule has 5 heteroatoms. The first-order valence-corrected chi connectivity index (χ1v) is 7.88. The molecule has 1 aliphatic heterocycles. The Morgan fingerprint density at radius 2 is 1.78 bits per heavy atom. The summed E-state index contributed by atoms with van der Waals surface area (Å²) in [7, 11) is 0. The molecule has 1 N–H and O–H groups in total. The summed E-state index contributed by atoms with van der Waals surface area (Å²) >= 11 is 0. The molecule has 2 aromatic rings. The second-order valence-electron chi connectivity index (χ2n) is 5.81. The van der Waals surface area contributed by atoms with E-state index >= 15 is 0 Å².